The number of fused-ring (bicyclic) bond motifs is 1. The van der Waals surface area contributed by atoms with Crippen molar-refractivity contribution in [1.82, 2.24) is 0 Å². The van der Waals surface area contributed by atoms with Crippen LogP contribution in [0.1, 0.15) is 49.3 Å². The number of carbonyl (C=O) groups is 1. The smallest absolute Gasteiger partial charge is 0.344 e. The topological polar surface area (TPSA) is 65.0 Å². The van der Waals surface area contributed by atoms with E-state index in [9.17, 15) is 4.79 Å². The third-order valence-corrected chi connectivity index (χ3v) is 6.07. The van der Waals surface area contributed by atoms with Crippen LogP contribution in [0.5, 0.6) is 17.2 Å². The van der Waals surface area contributed by atoms with Crippen molar-refractivity contribution in [2.24, 2.45) is 0 Å². The first-order valence-electron chi connectivity index (χ1n) is 10.7. The predicted octanol–water partition coefficient (Wildman–Crippen LogP) is 5.63. The van der Waals surface area contributed by atoms with E-state index in [0.29, 0.717) is 5.75 Å². The van der Waals surface area contributed by atoms with E-state index in [1.807, 2.05) is 42.5 Å². The number of methoxy groups -OCH3 is 1. The monoisotopic (exact) mass is 432 g/mol. The first-order chi connectivity index (χ1) is 15.3. The molecule has 0 bridgehead atoms. The van der Waals surface area contributed by atoms with Gasteiger partial charge < -0.3 is 19.3 Å². The van der Waals surface area contributed by atoms with Crippen LogP contribution in [-0.2, 0) is 4.79 Å². The maximum Gasteiger partial charge on any atom is 0.344 e. The average molecular weight is 433 g/mol. The molecule has 1 heterocycles. The second-order valence-corrected chi connectivity index (χ2v) is 8.64. The number of benzene rings is 3. The van der Waals surface area contributed by atoms with Crippen molar-refractivity contribution in [2.75, 3.05) is 7.11 Å². The highest BCUT2D eigenvalue weighted by atomic mass is 16.5. The van der Waals surface area contributed by atoms with E-state index in [-0.39, 0.29) is 11.8 Å². The summed E-state index contributed by atoms with van der Waals surface area (Å²) in [6.45, 7) is 5.75. The molecule has 1 aliphatic rings. The van der Waals surface area contributed by atoms with Crippen LogP contribution in [0.3, 0.4) is 0 Å². The highest BCUT2D eigenvalue weighted by Crippen LogP contribution is 2.53. The van der Waals surface area contributed by atoms with Gasteiger partial charge in [-0.1, -0.05) is 48.5 Å². The second-order valence-electron chi connectivity index (χ2n) is 8.64. The number of aliphatic carboxylic acids is 1. The fraction of sp³-hybridized carbons (Fsp3) is 0.296. The molecule has 0 radical (unpaired) electrons. The fourth-order valence-corrected chi connectivity index (χ4v) is 4.55. The third kappa shape index (κ3) is 4.15. The quantitative estimate of drug-likeness (QED) is 0.547. The largest absolute Gasteiger partial charge is 0.497 e. The molecule has 0 saturated heterocycles. The Morgan fingerprint density at radius 2 is 1.62 bits per heavy atom. The van der Waals surface area contributed by atoms with Crippen LogP contribution in [-0.4, -0.2) is 29.9 Å². The predicted molar refractivity (Wildman–Crippen MR) is 123 cm³/mol. The number of ether oxygens (including phenoxy) is 3. The summed E-state index contributed by atoms with van der Waals surface area (Å²) in [5.41, 5.74) is 2.92. The maximum absolute atomic E-state index is 11.1. The molecule has 0 amide bonds. The van der Waals surface area contributed by atoms with Crippen LogP contribution in [0.2, 0.25) is 0 Å². The van der Waals surface area contributed by atoms with Crippen molar-refractivity contribution in [3.63, 3.8) is 0 Å². The lowest BCUT2D eigenvalue weighted by molar-refractivity contribution is -0.144. The first kappa shape index (κ1) is 21.8. The van der Waals surface area contributed by atoms with Gasteiger partial charge in [0, 0.05) is 23.5 Å². The average Bonchev–Trinajstić information content (AvgIpc) is 2.78. The minimum absolute atomic E-state index is 0.0352. The summed E-state index contributed by atoms with van der Waals surface area (Å²) in [6, 6.07) is 24.1. The number of carboxylic acid groups (broad SMARTS) is 1. The molecule has 3 atom stereocenters. The second kappa shape index (κ2) is 8.58. The van der Waals surface area contributed by atoms with E-state index in [0.717, 1.165) is 22.6 Å². The van der Waals surface area contributed by atoms with Crippen LogP contribution in [0, 0.1) is 0 Å². The van der Waals surface area contributed by atoms with Gasteiger partial charge in [-0.25, -0.2) is 4.79 Å². The summed E-state index contributed by atoms with van der Waals surface area (Å²) in [7, 11) is 1.65. The van der Waals surface area contributed by atoms with Gasteiger partial charge >= 0.3 is 5.97 Å². The minimum atomic E-state index is -0.993. The normalized spacial score (nSPS) is 19.9. The van der Waals surface area contributed by atoms with E-state index in [2.05, 4.69) is 44.2 Å². The van der Waals surface area contributed by atoms with E-state index < -0.39 is 17.7 Å². The molecule has 1 N–H and O–H groups in total. The summed E-state index contributed by atoms with van der Waals surface area (Å²) >= 11 is 0. The van der Waals surface area contributed by atoms with Gasteiger partial charge in [-0.05, 0) is 50.1 Å². The number of carboxylic acids is 1. The van der Waals surface area contributed by atoms with Crippen molar-refractivity contribution < 1.29 is 24.1 Å². The zero-order valence-corrected chi connectivity index (χ0v) is 18.7. The molecule has 4 rings (SSSR count). The van der Waals surface area contributed by atoms with Crippen molar-refractivity contribution in [2.45, 2.75) is 44.3 Å². The van der Waals surface area contributed by atoms with Gasteiger partial charge in [0.2, 0.25) is 0 Å². The molecule has 32 heavy (non-hydrogen) atoms. The van der Waals surface area contributed by atoms with Gasteiger partial charge in [0.25, 0.3) is 0 Å². The van der Waals surface area contributed by atoms with Gasteiger partial charge in [0.05, 0.1) is 7.11 Å². The van der Waals surface area contributed by atoms with Crippen molar-refractivity contribution in [1.29, 1.82) is 0 Å². The van der Waals surface area contributed by atoms with Gasteiger partial charge in [-0.2, -0.15) is 0 Å². The molecule has 3 aromatic carbocycles. The third-order valence-electron chi connectivity index (χ3n) is 6.07. The van der Waals surface area contributed by atoms with E-state index >= 15 is 0 Å². The Labute approximate surface area is 188 Å². The Balaban J connectivity index is 1.81. The Bertz CT molecular complexity index is 1090. The van der Waals surface area contributed by atoms with Gasteiger partial charge in [-0.15, -0.1) is 0 Å². The zero-order chi connectivity index (χ0) is 22.9. The fourth-order valence-electron chi connectivity index (χ4n) is 4.55. The Hall–Kier alpha value is -3.47. The van der Waals surface area contributed by atoms with Crippen LogP contribution in [0.15, 0.2) is 72.8 Å². The molecule has 3 aromatic rings. The lowest BCUT2D eigenvalue weighted by atomic mass is 9.68. The summed E-state index contributed by atoms with van der Waals surface area (Å²) < 4.78 is 17.5. The van der Waals surface area contributed by atoms with Gasteiger partial charge in [0.15, 0.2) is 6.10 Å². The summed E-state index contributed by atoms with van der Waals surface area (Å²) in [6.07, 6.45) is -0.909. The Morgan fingerprint density at radius 3 is 2.25 bits per heavy atom. The number of rotatable bonds is 6. The van der Waals surface area contributed by atoms with Crippen LogP contribution in [0.4, 0.5) is 0 Å². The highest BCUT2D eigenvalue weighted by molar-refractivity contribution is 5.72. The highest BCUT2D eigenvalue weighted by Gasteiger charge is 2.45. The molecule has 1 unspecified atom stereocenters. The number of hydrogen-bond donors (Lipinski definition) is 1. The molecule has 1 aliphatic heterocycles. The van der Waals surface area contributed by atoms with Gasteiger partial charge in [-0.3, -0.25) is 0 Å². The molecular weight excluding hydrogens is 404 g/mol. The van der Waals surface area contributed by atoms with Crippen LogP contribution >= 0.6 is 0 Å². The summed E-state index contributed by atoms with van der Waals surface area (Å²) in [5, 5.41) is 9.12. The minimum Gasteiger partial charge on any atom is -0.497 e. The summed E-state index contributed by atoms with van der Waals surface area (Å²) in [5.74, 6) is 1.20. The molecule has 0 spiro atoms. The molecule has 5 heteroatoms. The van der Waals surface area contributed by atoms with E-state index in [4.69, 9.17) is 19.3 Å². The molecule has 5 nitrogen and oxygen atoms in total. The first-order valence-corrected chi connectivity index (χ1v) is 10.7. The van der Waals surface area contributed by atoms with Crippen molar-refractivity contribution in [3.8, 4) is 17.2 Å². The van der Waals surface area contributed by atoms with E-state index in [1.165, 1.54) is 12.5 Å². The molecule has 0 fully saturated rings. The SMILES string of the molecule is COc1ccc2c(c1)OC(C)(C)[C@H](c1ccccc1)[C@@H]2c1ccc(OC(C)C(=O)O)cc1. The van der Waals surface area contributed by atoms with Crippen molar-refractivity contribution in [3.05, 3.63) is 89.5 Å². The zero-order valence-electron chi connectivity index (χ0n) is 18.7. The van der Waals surface area contributed by atoms with Crippen molar-refractivity contribution >= 4 is 5.97 Å². The number of hydrogen-bond acceptors (Lipinski definition) is 4. The van der Waals surface area contributed by atoms with E-state index in [1.54, 1.807) is 7.11 Å². The van der Waals surface area contributed by atoms with Crippen LogP contribution < -0.4 is 14.2 Å². The molecule has 0 aliphatic carbocycles. The Morgan fingerprint density at radius 1 is 0.969 bits per heavy atom. The lowest BCUT2D eigenvalue weighted by Gasteiger charge is -2.45. The molecule has 0 saturated carbocycles. The molecule has 166 valence electrons. The summed E-state index contributed by atoms with van der Waals surface area (Å²) in [4.78, 5) is 11.1. The lowest BCUT2D eigenvalue weighted by Crippen LogP contribution is -2.43. The Kier molecular flexibility index (Phi) is 5.83. The molecular formula is C27H28O5. The van der Waals surface area contributed by atoms with Gasteiger partial charge in [0.1, 0.15) is 22.8 Å². The standard InChI is InChI=1S/C27H28O5/c1-17(26(28)29)31-20-12-10-18(11-13-20)24-22-15-14-21(30-4)16-23(22)32-27(2,3)25(24)19-8-6-5-7-9-19/h5-17,24-25H,1-4H3,(H,28,29)/t17?,24-,25-/m1/s1. The molecule has 0 aromatic heterocycles. The van der Waals surface area contributed by atoms with Crippen LogP contribution in [0.25, 0.3) is 0 Å². The maximum atomic E-state index is 11.1.